The monoisotopic (exact) mass is 386 g/mol. The third-order valence-corrected chi connectivity index (χ3v) is 4.66. The molecule has 6 nitrogen and oxygen atoms in total. The summed E-state index contributed by atoms with van der Waals surface area (Å²) in [5.74, 6) is 1.26. The zero-order valence-corrected chi connectivity index (χ0v) is 15.2. The predicted molar refractivity (Wildman–Crippen MR) is 96.5 cm³/mol. The Morgan fingerprint density at radius 1 is 1.11 bits per heavy atom. The fourth-order valence-electron chi connectivity index (χ4n) is 3.11. The first-order valence-electron chi connectivity index (χ1n) is 8.69. The zero-order valence-electron chi connectivity index (χ0n) is 15.2. The molecule has 1 aromatic carbocycles. The van der Waals surface area contributed by atoms with Crippen LogP contribution in [0.25, 0.3) is 17.0 Å². The normalized spacial score (nSPS) is 13.2. The van der Waals surface area contributed by atoms with Gasteiger partial charge in [-0.15, -0.1) is 15.3 Å². The SMILES string of the molecule is C[C@H](Cc1nncn1C)c1cccc(-c2nc3cccc(C(F)(F)F)n3n2)c1. The van der Waals surface area contributed by atoms with E-state index in [1.165, 1.54) is 12.1 Å². The van der Waals surface area contributed by atoms with E-state index < -0.39 is 11.9 Å². The van der Waals surface area contributed by atoms with Gasteiger partial charge in [0, 0.05) is 19.0 Å². The molecule has 4 rings (SSSR count). The van der Waals surface area contributed by atoms with Crippen LogP contribution in [0.5, 0.6) is 0 Å². The summed E-state index contributed by atoms with van der Waals surface area (Å²) in [6.45, 7) is 2.06. The van der Waals surface area contributed by atoms with Crippen LogP contribution in [0.4, 0.5) is 13.2 Å². The molecule has 0 saturated carbocycles. The van der Waals surface area contributed by atoms with Gasteiger partial charge in [0.2, 0.25) is 0 Å². The van der Waals surface area contributed by atoms with Crippen molar-refractivity contribution in [1.29, 1.82) is 0 Å². The largest absolute Gasteiger partial charge is 0.433 e. The Balaban J connectivity index is 1.69. The molecule has 0 saturated heterocycles. The maximum absolute atomic E-state index is 13.2. The molecule has 0 unspecified atom stereocenters. The number of fused-ring (bicyclic) bond motifs is 1. The van der Waals surface area contributed by atoms with Crippen LogP contribution in [-0.4, -0.2) is 29.4 Å². The molecule has 9 heteroatoms. The van der Waals surface area contributed by atoms with Gasteiger partial charge >= 0.3 is 6.18 Å². The van der Waals surface area contributed by atoms with Gasteiger partial charge in [-0.1, -0.05) is 31.2 Å². The third-order valence-electron chi connectivity index (χ3n) is 4.66. The average Bonchev–Trinajstić information content (AvgIpc) is 3.27. The van der Waals surface area contributed by atoms with Gasteiger partial charge in [-0.05, 0) is 29.7 Å². The molecule has 0 bridgehead atoms. The highest BCUT2D eigenvalue weighted by Gasteiger charge is 2.34. The molecule has 4 aromatic rings. The van der Waals surface area contributed by atoms with E-state index >= 15 is 0 Å². The van der Waals surface area contributed by atoms with E-state index in [4.69, 9.17) is 0 Å². The molecule has 3 heterocycles. The summed E-state index contributed by atoms with van der Waals surface area (Å²) in [4.78, 5) is 4.27. The number of halogens is 3. The summed E-state index contributed by atoms with van der Waals surface area (Å²) in [6.07, 6.45) is -2.16. The highest BCUT2D eigenvalue weighted by Crippen LogP contribution is 2.30. The minimum atomic E-state index is -4.50. The Morgan fingerprint density at radius 3 is 2.61 bits per heavy atom. The number of hydrogen-bond acceptors (Lipinski definition) is 4. The molecular formula is C19H17F3N6. The van der Waals surface area contributed by atoms with Crippen molar-refractivity contribution in [3.63, 3.8) is 0 Å². The standard InChI is InChI=1S/C19H17F3N6/c1-12(9-17-25-23-11-27(17)2)13-5-3-6-14(10-13)18-24-16-8-4-7-15(19(20,21)22)28(16)26-18/h3-8,10-12H,9H2,1-2H3/t12-/m1/s1. The molecule has 0 aliphatic carbocycles. The van der Waals surface area contributed by atoms with Crippen molar-refractivity contribution in [2.24, 2.45) is 7.05 Å². The minimum absolute atomic E-state index is 0.144. The molecule has 28 heavy (non-hydrogen) atoms. The fourth-order valence-corrected chi connectivity index (χ4v) is 3.11. The van der Waals surface area contributed by atoms with Crippen molar-refractivity contribution in [2.75, 3.05) is 0 Å². The molecule has 0 spiro atoms. The lowest BCUT2D eigenvalue weighted by atomic mass is 9.95. The van der Waals surface area contributed by atoms with E-state index in [0.717, 1.165) is 22.0 Å². The molecule has 1 atom stereocenters. The lowest BCUT2D eigenvalue weighted by Crippen LogP contribution is -2.12. The Bertz CT molecular complexity index is 1130. The van der Waals surface area contributed by atoms with Gasteiger partial charge in [0.1, 0.15) is 17.8 Å². The maximum atomic E-state index is 13.2. The molecule has 0 fully saturated rings. The summed E-state index contributed by atoms with van der Waals surface area (Å²) in [5.41, 5.74) is 0.993. The van der Waals surface area contributed by atoms with Crippen molar-refractivity contribution in [2.45, 2.75) is 25.4 Å². The maximum Gasteiger partial charge on any atom is 0.433 e. The lowest BCUT2D eigenvalue weighted by molar-refractivity contribution is -0.142. The van der Waals surface area contributed by atoms with Gasteiger partial charge in [-0.2, -0.15) is 13.2 Å². The minimum Gasteiger partial charge on any atom is -0.321 e. The van der Waals surface area contributed by atoms with E-state index in [2.05, 4.69) is 27.2 Å². The third kappa shape index (κ3) is 3.35. The van der Waals surface area contributed by atoms with Gasteiger partial charge in [0.05, 0.1) is 0 Å². The molecule has 0 N–H and O–H groups in total. The number of rotatable bonds is 4. The second-order valence-electron chi connectivity index (χ2n) is 6.70. The lowest BCUT2D eigenvalue weighted by Gasteiger charge is -2.12. The molecular weight excluding hydrogens is 369 g/mol. The van der Waals surface area contributed by atoms with Crippen molar-refractivity contribution < 1.29 is 13.2 Å². The van der Waals surface area contributed by atoms with Crippen molar-refractivity contribution in [1.82, 2.24) is 29.4 Å². The highest BCUT2D eigenvalue weighted by molar-refractivity contribution is 5.59. The summed E-state index contributed by atoms with van der Waals surface area (Å²) >= 11 is 0. The van der Waals surface area contributed by atoms with Crippen LogP contribution in [0.2, 0.25) is 0 Å². The van der Waals surface area contributed by atoms with Gasteiger partial charge < -0.3 is 4.57 Å². The van der Waals surface area contributed by atoms with Crippen LogP contribution < -0.4 is 0 Å². The molecule has 0 radical (unpaired) electrons. The summed E-state index contributed by atoms with van der Waals surface area (Å²) in [6, 6.07) is 11.4. The second-order valence-corrected chi connectivity index (χ2v) is 6.70. The molecule has 0 amide bonds. The van der Waals surface area contributed by atoms with Crippen LogP contribution in [0, 0.1) is 0 Å². The van der Waals surface area contributed by atoms with Gasteiger partial charge in [0.25, 0.3) is 0 Å². The number of benzene rings is 1. The summed E-state index contributed by atoms with van der Waals surface area (Å²) in [5, 5.41) is 12.1. The topological polar surface area (TPSA) is 60.9 Å². The van der Waals surface area contributed by atoms with Crippen LogP contribution in [0.15, 0.2) is 48.8 Å². The predicted octanol–water partition coefficient (Wildman–Crippen LogP) is 3.89. The highest BCUT2D eigenvalue weighted by atomic mass is 19.4. The summed E-state index contributed by atoms with van der Waals surface area (Å²) < 4.78 is 42.3. The van der Waals surface area contributed by atoms with E-state index in [0.29, 0.717) is 12.0 Å². The molecule has 0 aliphatic heterocycles. The Labute approximate surface area is 158 Å². The number of aromatic nitrogens is 6. The van der Waals surface area contributed by atoms with Crippen LogP contribution in [-0.2, 0) is 19.6 Å². The number of pyridine rings is 1. The second kappa shape index (κ2) is 6.74. The van der Waals surface area contributed by atoms with E-state index in [1.807, 2.05) is 29.8 Å². The average molecular weight is 386 g/mol. The molecule has 144 valence electrons. The number of aryl methyl sites for hydroxylation is 1. The Hall–Kier alpha value is -3.23. The smallest absolute Gasteiger partial charge is 0.321 e. The number of hydrogen-bond donors (Lipinski definition) is 0. The molecule has 0 aliphatic rings. The first-order valence-corrected chi connectivity index (χ1v) is 8.69. The van der Waals surface area contributed by atoms with Gasteiger partial charge in [0.15, 0.2) is 11.5 Å². The van der Waals surface area contributed by atoms with E-state index in [-0.39, 0.29) is 17.4 Å². The fraction of sp³-hybridized carbons (Fsp3) is 0.263. The summed E-state index contributed by atoms with van der Waals surface area (Å²) in [7, 11) is 1.89. The number of nitrogens with zero attached hydrogens (tertiary/aromatic N) is 6. The number of alkyl halides is 3. The first kappa shape index (κ1) is 18.1. The van der Waals surface area contributed by atoms with Crippen molar-refractivity contribution >= 4 is 5.65 Å². The van der Waals surface area contributed by atoms with E-state index in [1.54, 1.807) is 12.4 Å². The van der Waals surface area contributed by atoms with Gasteiger partial charge in [-0.25, -0.2) is 9.50 Å². The zero-order chi connectivity index (χ0) is 19.9. The quantitative estimate of drug-likeness (QED) is 0.534. The van der Waals surface area contributed by atoms with Crippen LogP contribution >= 0.6 is 0 Å². The Kier molecular flexibility index (Phi) is 4.37. The van der Waals surface area contributed by atoms with Crippen LogP contribution in [0.3, 0.4) is 0 Å². The van der Waals surface area contributed by atoms with Crippen molar-refractivity contribution in [3.8, 4) is 11.4 Å². The Morgan fingerprint density at radius 2 is 1.89 bits per heavy atom. The molecule has 3 aromatic heterocycles. The van der Waals surface area contributed by atoms with Crippen LogP contribution in [0.1, 0.15) is 29.9 Å². The van der Waals surface area contributed by atoms with Gasteiger partial charge in [-0.3, -0.25) is 0 Å². The van der Waals surface area contributed by atoms with E-state index in [9.17, 15) is 13.2 Å². The van der Waals surface area contributed by atoms with Crippen molar-refractivity contribution in [3.05, 3.63) is 65.9 Å². The first-order chi connectivity index (χ1) is 13.3.